The molecule has 2 aromatic heterocycles. The zero-order valence-corrected chi connectivity index (χ0v) is 16.9. The smallest absolute Gasteiger partial charge is 0.387 e. The van der Waals surface area contributed by atoms with Crippen molar-refractivity contribution in [2.24, 2.45) is 0 Å². The second kappa shape index (κ2) is 8.26. The van der Waals surface area contributed by atoms with Crippen LogP contribution in [0.15, 0.2) is 67.1 Å². The molecule has 0 atom stereocenters. The van der Waals surface area contributed by atoms with E-state index in [2.05, 4.69) is 20.0 Å². The van der Waals surface area contributed by atoms with Gasteiger partial charge in [0.05, 0.1) is 11.9 Å². The lowest BCUT2D eigenvalue weighted by atomic mass is 10.1. The first kappa shape index (κ1) is 19.9. The molecule has 3 heterocycles. The number of aromatic nitrogens is 3. The predicted molar refractivity (Wildman–Crippen MR) is 116 cm³/mol. The summed E-state index contributed by atoms with van der Waals surface area (Å²) in [5.74, 6) is 0.818. The van der Waals surface area contributed by atoms with Gasteiger partial charge in [-0.15, -0.1) is 0 Å². The van der Waals surface area contributed by atoms with Gasteiger partial charge in [0.15, 0.2) is 11.5 Å². The van der Waals surface area contributed by atoms with Crippen LogP contribution in [-0.4, -0.2) is 33.4 Å². The van der Waals surface area contributed by atoms with Crippen LogP contribution < -0.4 is 15.0 Å². The SMILES string of the molecule is O=C1CCCN1c1ccc(Nc2nccn3c(-c4ccc(OC(F)F)cc4)cnc23)cc1. The van der Waals surface area contributed by atoms with Crippen molar-refractivity contribution in [3.05, 3.63) is 67.1 Å². The van der Waals surface area contributed by atoms with Crippen molar-refractivity contribution in [2.75, 3.05) is 16.8 Å². The van der Waals surface area contributed by atoms with Gasteiger partial charge in [-0.2, -0.15) is 8.78 Å². The highest BCUT2D eigenvalue weighted by molar-refractivity contribution is 5.95. The van der Waals surface area contributed by atoms with Crippen LogP contribution in [0.4, 0.5) is 26.0 Å². The molecule has 32 heavy (non-hydrogen) atoms. The number of halogens is 2. The Morgan fingerprint density at radius 1 is 1.03 bits per heavy atom. The fraction of sp³-hybridized carbons (Fsp3) is 0.174. The number of ether oxygens (including phenoxy) is 1. The summed E-state index contributed by atoms with van der Waals surface area (Å²) in [5, 5.41) is 3.27. The maximum absolute atomic E-state index is 12.4. The normalized spacial score (nSPS) is 13.8. The molecule has 1 saturated heterocycles. The number of hydrogen-bond acceptors (Lipinski definition) is 5. The molecule has 7 nitrogen and oxygen atoms in total. The Morgan fingerprint density at radius 3 is 2.50 bits per heavy atom. The minimum Gasteiger partial charge on any atom is -0.435 e. The summed E-state index contributed by atoms with van der Waals surface area (Å²) >= 11 is 0. The van der Waals surface area contributed by atoms with Gasteiger partial charge in [-0.25, -0.2) is 9.97 Å². The van der Waals surface area contributed by atoms with E-state index in [1.807, 2.05) is 28.7 Å². The number of alkyl halides is 2. The van der Waals surface area contributed by atoms with Crippen LogP contribution in [0.1, 0.15) is 12.8 Å². The Bertz CT molecular complexity index is 1260. The van der Waals surface area contributed by atoms with Gasteiger partial charge in [-0.1, -0.05) is 0 Å². The van der Waals surface area contributed by atoms with E-state index in [0.717, 1.165) is 35.6 Å². The third-order valence-corrected chi connectivity index (χ3v) is 5.32. The van der Waals surface area contributed by atoms with Gasteiger partial charge in [0.1, 0.15) is 5.75 Å². The molecule has 0 spiro atoms. The molecule has 1 aliphatic rings. The molecule has 0 radical (unpaired) electrons. The molecule has 0 bridgehead atoms. The Labute approximate surface area is 182 Å². The van der Waals surface area contributed by atoms with Crippen molar-refractivity contribution >= 4 is 28.7 Å². The van der Waals surface area contributed by atoms with E-state index in [-0.39, 0.29) is 11.7 Å². The minimum atomic E-state index is -2.86. The lowest BCUT2D eigenvalue weighted by Gasteiger charge is -2.16. The lowest BCUT2D eigenvalue weighted by molar-refractivity contribution is -0.117. The summed E-state index contributed by atoms with van der Waals surface area (Å²) < 4.78 is 31.0. The van der Waals surface area contributed by atoms with Crippen molar-refractivity contribution in [2.45, 2.75) is 19.5 Å². The van der Waals surface area contributed by atoms with Crippen molar-refractivity contribution in [3.8, 4) is 17.0 Å². The fourth-order valence-electron chi connectivity index (χ4n) is 3.81. The second-order valence-electron chi connectivity index (χ2n) is 7.34. The number of carbonyl (C=O) groups excluding carboxylic acids is 1. The molecule has 0 unspecified atom stereocenters. The fourth-order valence-corrected chi connectivity index (χ4v) is 3.81. The monoisotopic (exact) mass is 435 g/mol. The number of benzene rings is 2. The molecule has 0 aliphatic carbocycles. The molecule has 0 saturated carbocycles. The predicted octanol–water partition coefficient (Wildman–Crippen LogP) is 4.87. The molecule has 9 heteroatoms. The number of fused-ring (bicyclic) bond motifs is 1. The number of anilines is 3. The Hall–Kier alpha value is -4.01. The average Bonchev–Trinajstić information content (AvgIpc) is 3.41. The number of nitrogens with one attached hydrogen (secondary N) is 1. The number of carbonyl (C=O) groups is 1. The van der Waals surface area contributed by atoms with Gasteiger partial charge < -0.3 is 15.0 Å². The molecule has 1 N–H and O–H groups in total. The lowest BCUT2D eigenvalue weighted by Crippen LogP contribution is -2.23. The highest BCUT2D eigenvalue weighted by Crippen LogP contribution is 2.28. The number of nitrogens with zero attached hydrogens (tertiary/aromatic N) is 4. The Kier molecular flexibility index (Phi) is 5.14. The molecular formula is C23H19F2N5O2. The minimum absolute atomic E-state index is 0.0978. The van der Waals surface area contributed by atoms with Crippen molar-refractivity contribution in [1.82, 2.24) is 14.4 Å². The van der Waals surface area contributed by atoms with E-state index in [9.17, 15) is 13.6 Å². The van der Waals surface area contributed by atoms with Crippen LogP contribution in [0.3, 0.4) is 0 Å². The van der Waals surface area contributed by atoms with Crippen LogP contribution in [0, 0.1) is 0 Å². The molecule has 1 fully saturated rings. The van der Waals surface area contributed by atoms with E-state index < -0.39 is 6.61 Å². The topological polar surface area (TPSA) is 71.8 Å². The molecule has 162 valence electrons. The standard InChI is InChI=1S/C23H19F2N5O2/c24-23(25)32-18-9-3-15(4-10-18)19-14-27-22-21(26-11-13-30(19)22)28-16-5-7-17(8-6-16)29-12-1-2-20(29)31/h3-11,13-14,23H,1-2,12H2,(H,26,28). The van der Waals surface area contributed by atoms with Gasteiger partial charge in [0, 0.05) is 42.3 Å². The summed E-state index contributed by atoms with van der Waals surface area (Å²) in [7, 11) is 0. The zero-order valence-electron chi connectivity index (χ0n) is 16.9. The summed E-state index contributed by atoms with van der Waals surface area (Å²) in [5.41, 5.74) is 3.91. The van der Waals surface area contributed by atoms with E-state index >= 15 is 0 Å². The van der Waals surface area contributed by atoms with Crippen molar-refractivity contribution in [1.29, 1.82) is 0 Å². The second-order valence-corrected chi connectivity index (χ2v) is 7.34. The van der Waals surface area contributed by atoms with Gasteiger partial charge in [-0.3, -0.25) is 9.20 Å². The van der Waals surface area contributed by atoms with Gasteiger partial charge in [-0.05, 0) is 55.0 Å². The highest BCUT2D eigenvalue weighted by atomic mass is 19.3. The molecule has 2 aromatic carbocycles. The molecule has 4 aromatic rings. The maximum Gasteiger partial charge on any atom is 0.387 e. The van der Waals surface area contributed by atoms with Crippen LogP contribution in [-0.2, 0) is 4.79 Å². The van der Waals surface area contributed by atoms with Gasteiger partial charge >= 0.3 is 6.61 Å². The molecular weight excluding hydrogens is 416 g/mol. The van der Waals surface area contributed by atoms with E-state index in [4.69, 9.17) is 0 Å². The Morgan fingerprint density at radius 2 is 1.81 bits per heavy atom. The third-order valence-electron chi connectivity index (χ3n) is 5.32. The summed E-state index contributed by atoms with van der Waals surface area (Å²) in [4.78, 5) is 22.6. The van der Waals surface area contributed by atoms with Crippen molar-refractivity contribution in [3.63, 3.8) is 0 Å². The third kappa shape index (κ3) is 3.84. The molecule has 1 aliphatic heterocycles. The number of imidazole rings is 1. The molecule has 1 amide bonds. The van der Waals surface area contributed by atoms with Gasteiger partial charge in [0.25, 0.3) is 0 Å². The van der Waals surface area contributed by atoms with E-state index in [0.29, 0.717) is 17.9 Å². The zero-order chi connectivity index (χ0) is 22.1. The average molecular weight is 435 g/mol. The summed E-state index contributed by atoms with van der Waals surface area (Å²) in [6.07, 6.45) is 6.62. The highest BCUT2D eigenvalue weighted by Gasteiger charge is 2.21. The van der Waals surface area contributed by atoms with Crippen LogP contribution in [0.2, 0.25) is 0 Å². The maximum atomic E-state index is 12.4. The van der Waals surface area contributed by atoms with Crippen molar-refractivity contribution < 1.29 is 18.3 Å². The number of hydrogen-bond donors (Lipinski definition) is 1. The van der Waals surface area contributed by atoms with Crippen LogP contribution in [0.25, 0.3) is 16.9 Å². The van der Waals surface area contributed by atoms with E-state index in [1.54, 1.807) is 35.6 Å². The number of amides is 1. The van der Waals surface area contributed by atoms with Gasteiger partial charge in [0.2, 0.25) is 5.91 Å². The quantitative estimate of drug-likeness (QED) is 0.468. The first-order chi connectivity index (χ1) is 15.6. The first-order valence-corrected chi connectivity index (χ1v) is 10.1. The Balaban J connectivity index is 1.39. The first-order valence-electron chi connectivity index (χ1n) is 10.1. The van der Waals surface area contributed by atoms with E-state index in [1.165, 1.54) is 12.1 Å². The summed E-state index contributed by atoms with van der Waals surface area (Å²) in [6.45, 7) is -2.11. The molecule has 5 rings (SSSR count). The van der Waals surface area contributed by atoms with Crippen LogP contribution >= 0.6 is 0 Å². The largest absolute Gasteiger partial charge is 0.435 e. The number of rotatable bonds is 6. The van der Waals surface area contributed by atoms with Crippen LogP contribution in [0.5, 0.6) is 5.75 Å². The summed E-state index contributed by atoms with van der Waals surface area (Å²) in [6, 6.07) is 14.0.